The number of hydrogen-bond donors (Lipinski definition) is 10. The summed E-state index contributed by atoms with van der Waals surface area (Å²) in [4.78, 5) is 55.3. The highest BCUT2D eigenvalue weighted by Gasteiger charge is 2.49. The maximum absolute atomic E-state index is 14.4. The monoisotopic (exact) mass is 1860 g/mol. The van der Waals surface area contributed by atoms with Crippen LogP contribution in [0.3, 0.4) is 0 Å². The first-order chi connectivity index (χ1) is 62.0. The Hall–Kier alpha value is -4.72. The minimum absolute atomic E-state index is 0.0170. The zero-order chi connectivity index (χ0) is 95.6. The molecule has 0 aromatic rings. The number of allylic oxidation sites excluding steroid dienone is 4. The molecule has 0 amide bonds. The molecule has 130 heavy (non-hydrogen) atoms. The van der Waals surface area contributed by atoms with E-state index in [0.29, 0.717) is 62.5 Å². The quantitative estimate of drug-likeness (QED) is 0.0197. The van der Waals surface area contributed by atoms with Crippen molar-refractivity contribution >= 4 is 23.9 Å². The van der Waals surface area contributed by atoms with E-state index in [2.05, 4.69) is 0 Å². The Kier molecular flexibility index (Phi) is 49.6. The fourth-order valence-corrected chi connectivity index (χ4v) is 18.8. The molecular formula is C96H160O34. The number of carbonyl (C=O) groups is 4. The number of cyclic esters (lactones) is 2. The van der Waals surface area contributed by atoms with E-state index in [9.17, 15) is 70.2 Å². The summed E-state index contributed by atoms with van der Waals surface area (Å²) in [6, 6.07) is 0. The molecule has 34 nitrogen and oxygen atoms in total. The van der Waals surface area contributed by atoms with E-state index < -0.39 is 220 Å². The van der Waals surface area contributed by atoms with Crippen LogP contribution in [0, 0.1) is 35.5 Å². The summed E-state index contributed by atoms with van der Waals surface area (Å²) < 4.78 is 123. The maximum Gasteiger partial charge on any atom is 0.337 e. The molecule has 0 saturated carbocycles. The molecule has 7 aliphatic heterocycles. The van der Waals surface area contributed by atoms with Crippen molar-refractivity contribution in [1.29, 1.82) is 0 Å². The lowest BCUT2D eigenvalue weighted by Crippen LogP contribution is -2.58. The van der Waals surface area contributed by atoms with E-state index >= 15 is 0 Å². The van der Waals surface area contributed by atoms with Gasteiger partial charge in [0.1, 0.15) is 36.6 Å². The summed E-state index contributed by atoms with van der Waals surface area (Å²) in [6.07, 6.45) is -3.68. The highest BCUT2D eigenvalue weighted by atomic mass is 16.7. The molecule has 0 aromatic heterocycles. The number of aliphatic hydroxyl groups excluding tert-OH is 10. The summed E-state index contributed by atoms with van der Waals surface area (Å²) in [7, 11) is 12.1. The fraction of sp³-hybridized carbons (Fsp3) is 0.833. The van der Waals surface area contributed by atoms with Crippen molar-refractivity contribution in [3.05, 3.63) is 71.9 Å². The molecule has 34 heteroatoms. The van der Waals surface area contributed by atoms with Gasteiger partial charge in [-0.25, -0.2) is 19.2 Å². The van der Waals surface area contributed by atoms with Crippen LogP contribution in [-0.2, 0) is 114 Å². The predicted molar refractivity (Wildman–Crippen MR) is 475 cm³/mol. The lowest BCUT2D eigenvalue weighted by atomic mass is 9.83. The average Bonchev–Trinajstić information content (AvgIpc) is 0.816. The van der Waals surface area contributed by atoms with Gasteiger partial charge in [-0.2, -0.15) is 0 Å². The van der Waals surface area contributed by atoms with E-state index in [4.69, 9.17) is 94.7 Å². The Balaban J connectivity index is 1.23. The van der Waals surface area contributed by atoms with Crippen LogP contribution in [0.4, 0.5) is 0 Å². The third kappa shape index (κ3) is 35.7. The van der Waals surface area contributed by atoms with Gasteiger partial charge in [0.05, 0.1) is 149 Å². The SMILES string of the molecule is CO[C@H]1C[C@H](CC[C@H](C)[C@H](O)[C@H](C)[C@@H]2C[C@H](O)C[C@H](O)[C@H](C)[C@@H](OC)C[C@@H]3CC=C[C@@H](C[C@@H](O[C@H]4OC[C@H](OC)[C@@H](OC)[C@@H]4OC(=O)[C@H](O)CO)C/C=C(C)/C=C/C(=O)O[C@H]([C@@H](C)[C@@H](O)[C@@H](C)CC[C@H]4C[C@H](OC)C[C@H](C)O4)C[C@H](O)C[C@H](O)[C@H](C)[C@@H](OC)C[C@@H]4CC=C[C@@H](C[C@@H](O[C@H]5OC[C@H](OC)[C@@H](OC)[C@@H]5OC(=O)[C@H](O)CO)C/C=C(C)/C=C\C(=O)O2)O4)O3)O[C@@H](C)C1. The van der Waals surface area contributed by atoms with Gasteiger partial charge in [-0.05, 0) is 129 Å². The summed E-state index contributed by atoms with van der Waals surface area (Å²) in [5.41, 5.74) is 1.14. The molecule has 0 aromatic carbocycles. The molecule has 0 aliphatic carbocycles. The smallest absolute Gasteiger partial charge is 0.337 e. The Morgan fingerprint density at radius 3 is 1.14 bits per heavy atom. The van der Waals surface area contributed by atoms with Crippen LogP contribution >= 0.6 is 0 Å². The molecule has 0 radical (unpaired) electrons. The second-order valence-electron chi connectivity index (χ2n) is 37.2. The molecule has 10 N–H and O–H groups in total. The second kappa shape index (κ2) is 57.5. The molecule has 4 fully saturated rings. The Morgan fingerprint density at radius 2 is 0.800 bits per heavy atom. The molecule has 38 atom stereocenters. The minimum atomic E-state index is -1.90. The number of hydrogen-bond acceptors (Lipinski definition) is 34. The molecule has 0 spiro atoms. The zero-order valence-corrected chi connectivity index (χ0v) is 80.0. The van der Waals surface area contributed by atoms with E-state index in [1.807, 2.05) is 64.2 Å². The van der Waals surface area contributed by atoms with Crippen molar-refractivity contribution < 1.29 is 165 Å². The van der Waals surface area contributed by atoms with Crippen LogP contribution < -0.4 is 0 Å². The maximum atomic E-state index is 14.4. The van der Waals surface area contributed by atoms with Crippen molar-refractivity contribution in [3.8, 4) is 0 Å². The largest absolute Gasteiger partial charge is 0.459 e. The number of esters is 4. The van der Waals surface area contributed by atoms with Gasteiger partial charge in [0.2, 0.25) is 0 Å². The third-order valence-electron chi connectivity index (χ3n) is 27.2. The molecule has 7 rings (SSSR count). The molecule has 4 saturated heterocycles. The van der Waals surface area contributed by atoms with Crippen LogP contribution in [0.5, 0.6) is 0 Å². The number of carbonyl (C=O) groups excluding carboxylic acids is 4. The average molecular weight is 1860 g/mol. The van der Waals surface area contributed by atoms with E-state index in [1.54, 1.807) is 67.9 Å². The Labute approximate surface area is 769 Å². The van der Waals surface area contributed by atoms with Gasteiger partial charge in [-0.3, -0.25) is 0 Å². The zero-order valence-electron chi connectivity index (χ0n) is 80.0. The highest BCUT2D eigenvalue weighted by molar-refractivity contribution is 5.83. The van der Waals surface area contributed by atoms with E-state index in [1.165, 1.54) is 54.8 Å². The van der Waals surface area contributed by atoms with E-state index in [-0.39, 0.29) is 126 Å². The number of ether oxygens (including phenoxy) is 20. The first kappa shape index (κ1) is 112. The van der Waals surface area contributed by atoms with Gasteiger partial charge in [0.25, 0.3) is 0 Å². The highest BCUT2D eigenvalue weighted by Crippen LogP contribution is 2.38. The van der Waals surface area contributed by atoms with Crippen LogP contribution in [0.25, 0.3) is 0 Å². The summed E-state index contributed by atoms with van der Waals surface area (Å²) in [5.74, 6) is -7.29. The van der Waals surface area contributed by atoms with E-state index in [0.717, 1.165) is 12.8 Å². The molecule has 748 valence electrons. The Bertz CT molecular complexity index is 3230. The van der Waals surface area contributed by atoms with Gasteiger partial charge in [0.15, 0.2) is 37.0 Å². The van der Waals surface area contributed by atoms with Crippen LogP contribution in [0.2, 0.25) is 0 Å². The number of aliphatic hydroxyl groups is 10. The van der Waals surface area contributed by atoms with Gasteiger partial charge >= 0.3 is 23.9 Å². The van der Waals surface area contributed by atoms with Crippen LogP contribution in [0.15, 0.2) is 71.9 Å². The van der Waals surface area contributed by atoms with Gasteiger partial charge in [0, 0.05) is 131 Å². The normalized spacial score (nSPS) is 39.1. The second-order valence-corrected chi connectivity index (χ2v) is 37.2. The number of rotatable bonds is 30. The summed E-state index contributed by atoms with van der Waals surface area (Å²) in [5, 5.41) is 113. The standard InChI is InChI=1S/C96H160O34/c1-53-25-31-71(125-95-91(129-93(109)77(103)49-97)89(117-17)83(115-15)51-119-95)43-65-21-19-23-67(123-65)47-79(113-13)60(8)76(102)40-64(100)42-82(62(10)88(108)56(4)30-34-70-46-74(112-12)38-58(6)122-70)128-86(106)36-28-54(2)26-32-72(126-96-92(130-94(110)78(104)50-98)90(118-18)84(116-16)52-120-96)44-66-22-20-24-68(124-66)48-80(114-14)59(7)75(101)39-63(99)41-81(127-85(105)35-27-53)61(9)87(107)55(3)29-33-69-45-73(111-11)37-57(5)121-69/h19-22,25-28,35-36,55-84,87-92,95-104,107-108H,23-24,29-34,37-52H2,1-18H3/b35-27-,36-28+,53-25+,54-26+/t55-,56-,57-,58-,59-,60-,61+,62+,63+,64+,65-,66-,67-,68-,69-,70-,71-,72-,73+,74+,75-,76-,77+,78+,79-,80-,81-,82-,83-,84-,87-,88-,89+,90+,91-,92-,95+,96+/m0/s1. The lowest BCUT2D eigenvalue weighted by Gasteiger charge is -2.42. The topological polar surface area (TPSA) is 455 Å². The van der Waals surface area contributed by atoms with Crippen LogP contribution in [-0.4, -0.2) is 354 Å². The van der Waals surface area contributed by atoms with Crippen molar-refractivity contribution in [2.75, 3.05) is 83.3 Å². The first-order valence-corrected chi connectivity index (χ1v) is 46.9. The molecule has 7 heterocycles. The molecule has 0 unspecified atom stereocenters. The minimum Gasteiger partial charge on any atom is -0.459 e. The molecule has 7 aliphatic rings. The van der Waals surface area contributed by atoms with Crippen molar-refractivity contribution in [3.63, 3.8) is 0 Å². The fourth-order valence-electron chi connectivity index (χ4n) is 18.8. The number of methoxy groups -OCH3 is 8. The van der Waals surface area contributed by atoms with Crippen molar-refractivity contribution in [1.82, 2.24) is 0 Å². The lowest BCUT2D eigenvalue weighted by molar-refractivity contribution is -0.296. The summed E-state index contributed by atoms with van der Waals surface area (Å²) >= 11 is 0. The van der Waals surface area contributed by atoms with Gasteiger partial charge in [-0.15, -0.1) is 0 Å². The summed E-state index contributed by atoms with van der Waals surface area (Å²) in [6.45, 7) is 16.5. The third-order valence-corrected chi connectivity index (χ3v) is 27.2. The predicted octanol–water partition coefficient (Wildman–Crippen LogP) is 6.97. The Morgan fingerprint density at radius 1 is 0.431 bits per heavy atom. The van der Waals surface area contributed by atoms with Gasteiger partial charge < -0.3 is 146 Å². The number of fused-ring (bicyclic) bond motifs is 4. The van der Waals surface area contributed by atoms with Gasteiger partial charge in [-0.1, -0.05) is 101 Å². The van der Waals surface area contributed by atoms with Crippen molar-refractivity contribution in [2.45, 2.75) is 393 Å². The molecule has 4 bridgehead atoms. The first-order valence-electron chi connectivity index (χ1n) is 46.9. The molecular weight excluding hydrogens is 1700 g/mol. The van der Waals surface area contributed by atoms with Crippen LogP contribution in [0.1, 0.15) is 198 Å². The van der Waals surface area contributed by atoms with Crippen molar-refractivity contribution in [2.24, 2.45) is 35.5 Å².